The Bertz CT molecular complexity index is 1310. The minimum atomic E-state index is -0.241. The number of hydrogen-bond donors (Lipinski definition) is 1. The van der Waals surface area contributed by atoms with Crippen LogP contribution in [-0.4, -0.2) is 66.0 Å². The molecule has 2 aliphatic rings. The number of aryl methyl sites for hydroxylation is 1. The standard InChI is InChI=1S/C24H30N8O2S/c1-16-4-3-5-30(11-16)14-19-8-21(35-29-19)28-23-24-25-10-20(32(24)12-17(2)27-23)18-9-26-31(13-18)15-22-33-6-7-34-22/h8-10,12-13,16,22H,3-7,11,14-15H2,1-2H3,(H,27,28). The Morgan fingerprint density at radius 2 is 2.09 bits per heavy atom. The SMILES string of the molecule is Cc1cn2c(-c3cnn(CC4OCCO4)c3)cnc2c(Nc2cc(CN3CCCC(C)C3)ns2)n1. The smallest absolute Gasteiger partial charge is 0.180 e. The molecule has 0 saturated carbocycles. The van der Waals surface area contributed by atoms with Gasteiger partial charge in [0.05, 0.1) is 49.2 Å². The van der Waals surface area contributed by atoms with Crippen molar-refractivity contribution in [3.63, 3.8) is 0 Å². The van der Waals surface area contributed by atoms with E-state index < -0.39 is 0 Å². The van der Waals surface area contributed by atoms with Gasteiger partial charge in [-0.2, -0.15) is 9.47 Å². The first-order chi connectivity index (χ1) is 17.1. The van der Waals surface area contributed by atoms with Crippen LogP contribution >= 0.6 is 11.5 Å². The second kappa shape index (κ2) is 9.65. The summed E-state index contributed by atoms with van der Waals surface area (Å²) in [5, 5.41) is 8.92. The van der Waals surface area contributed by atoms with E-state index in [1.807, 2.05) is 36.4 Å². The first kappa shape index (κ1) is 22.6. The molecule has 0 aliphatic carbocycles. The van der Waals surface area contributed by atoms with E-state index in [4.69, 9.17) is 14.5 Å². The molecule has 0 radical (unpaired) electrons. The Kier molecular flexibility index (Phi) is 6.23. The predicted molar refractivity (Wildman–Crippen MR) is 134 cm³/mol. The highest BCUT2D eigenvalue weighted by Crippen LogP contribution is 2.28. The van der Waals surface area contributed by atoms with E-state index in [2.05, 4.69) is 42.1 Å². The summed E-state index contributed by atoms with van der Waals surface area (Å²) in [5.41, 5.74) is 4.69. The van der Waals surface area contributed by atoms with E-state index in [-0.39, 0.29) is 6.29 Å². The van der Waals surface area contributed by atoms with Crippen molar-refractivity contribution in [2.45, 2.75) is 46.1 Å². The van der Waals surface area contributed by atoms with Crippen molar-refractivity contribution >= 4 is 28.0 Å². The van der Waals surface area contributed by atoms with Gasteiger partial charge >= 0.3 is 0 Å². The molecule has 4 aromatic rings. The van der Waals surface area contributed by atoms with Crippen molar-refractivity contribution in [1.82, 2.24) is 33.4 Å². The maximum absolute atomic E-state index is 5.54. The summed E-state index contributed by atoms with van der Waals surface area (Å²) in [4.78, 5) is 11.9. The fraction of sp³-hybridized carbons (Fsp3) is 0.500. The molecule has 1 atom stereocenters. The zero-order chi connectivity index (χ0) is 23.8. The number of nitrogens with zero attached hydrogens (tertiary/aromatic N) is 7. The summed E-state index contributed by atoms with van der Waals surface area (Å²) in [6.07, 6.45) is 10.1. The average molecular weight is 495 g/mol. The number of piperidine rings is 1. The second-order valence-electron chi connectivity index (χ2n) is 9.48. The summed E-state index contributed by atoms with van der Waals surface area (Å²) in [7, 11) is 0. The number of nitrogens with one attached hydrogen (secondary N) is 1. The van der Waals surface area contributed by atoms with Gasteiger partial charge in [-0.3, -0.25) is 14.0 Å². The van der Waals surface area contributed by atoms with Gasteiger partial charge in [-0.15, -0.1) is 0 Å². The third-order valence-corrected chi connectivity index (χ3v) is 7.24. The minimum Gasteiger partial charge on any atom is -0.348 e. The van der Waals surface area contributed by atoms with Crippen LogP contribution in [0.5, 0.6) is 0 Å². The van der Waals surface area contributed by atoms with E-state index in [0.717, 1.165) is 64.7 Å². The van der Waals surface area contributed by atoms with E-state index in [1.165, 1.54) is 24.4 Å². The third kappa shape index (κ3) is 4.94. The van der Waals surface area contributed by atoms with Crippen LogP contribution < -0.4 is 5.32 Å². The van der Waals surface area contributed by atoms with Crippen LogP contribution in [0.15, 0.2) is 30.9 Å². The Hall–Kier alpha value is -2.86. The summed E-state index contributed by atoms with van der Waals surface area (Å²) in [6.45, 7) is 9.34. The summed E-state index contributed by atoms with van der Waals surface area (Å²) in [6, 6.07) is 2.13. The van der Waals surface area contributed by atoms with Gasteiger partial charge in [0.15, 0.2) is 17.8 Å². The number of aromatic nitrogens is 6. The molecule has 0 bridgehead atoms. The van der Waals surface area contributed by atoms with E-state index >= 15 is 0 Å². The highest BCUT2D eigenvalue weighted by Gasteiger charge is 2.20. The van der Waals surface area contributed by atoms with Gasteiger partial charge in [0.25, 0.3) is 0 Å². The normalized spacial score (nSPS) is 19.7. The molecule has 184 valence electrons. The summed E-state index contributed by atoms with van der Waals surface area (Å²) < 4.78 is 19.7. The van der Waals surface area contributed by atoms with Crippen LogP contribution in [0.2, 0.25) is 0 Å². The maximum atomic E-state index is 5.54. The molecule has 6 rings (SSSR count). The lowest BCUT2D eigenvalue weighted by molar-refractivity contribution is -0.0545. The van der Waals surface area contributed by atoms with E-state index in [0.29, 0.717) is 19.8 Å². The fourth-order valence-corrected chi connectivity index (χ4v) is 5.55. The Balaban J connectivity index is 1.21. The molecule has 4 aromatic heterocycles. The number of anilines is 2. The topological polar surface area (TPSA) is 94.6 Å². The zero-order valence-corrected chi connectivity index (χ0v) is 20.9. The highest BCUT2D eigenvalue weighted by atomic mass is 32.1. The molecule has 0 spiro atoms. The molecule has 1 unspecified atom stereocenters. The molecule has 2 saturated heterocycles. The van der Waals surface area contributed by atoms with Crippen LogP contribution in [0.1, 0.15) is 31.2 Å². The molecule has 0 amide bonds. The lowest BCUT2D eigenvalue weighted by Gasteiger charge is -2.30. The molecule has 11 heteroatoms. The molecule has 6 heterocycles. The second-order valence-corrected chi connectivity index (χ2v) is 10.3. The Labute approximate surface area is 208 Å². The van der Waals surface area contributed by atoms with Crippen LogP contribution in [0.3, 0.4) is 0 Å². The lowest BCUT2D eigenvalue weighted by atomic mass is 10.0. The van der Waals surface area contributed by atoms with Crippen molar-refractivity contribution in [3.05, 3.63) is 42.2 Å². The third-order valence-electron chi connectivity index (χ3n) is 6.50. The molecule has 10 nitrogen and oxygen atoms in total. The van der Waals surface area contributed by atoms with Gasteiger partial charge in [0.2, 0.25) is 0 Å². The van der Waals surface area contributed by atoms with Crippen LogP contribution in [0.25, 0.3) is 16.9 Å². The van der Waals surface area contributed by atoms with E-state index in [9.17, 15) is 0 Å². The van der Waals surface area contributed by atoms with Gasteiger partial charge in [0.1, 0.15) is 5.00 Å². The number of hydrogen-bond acceptors (Lipinski definition) is 9. The van der Waals surface area contributed by atoms with Crippen molar-refractivity contribution in [1.29, 1.82) is 0 Å². The monoisotopic (exact) mass is 494 g/mol. The molecule has 35 heavy (non-hydrogen) atoms. The van der Waals surface area contributed by atoms with Crippen molar-refractivity contribution in [3.8, 4) is 11.3 Å². The summed E-state index contributed by atoms with van der Waals surface area (Å²) in [5.74, 6) is 1.48. The molecule has 2 fully saturated rings. The quantitative estimate of drug-likeness (QED) is 0.416. The van der Waals surface area contributed by atoms with Gasteiger partial charge in [-0.05, 0) is 49.8 Å². The summed E-state index contributed by atoms with van der Waals surface area (Å²) >= 11 is 1.47. The number of imidazole rings is 1. The average Bonchev–Trinajstić information content (AvgIpc) is 3.62. The number of rotatable bonds is 7. The minimum absolute atomic E-state index is 0.241. The fourth-order valence-electron chi connectivity index (χ4n) is 4.89. The molecule has 1 N–H and O–H groups in total. The number of ether oxygens (including phenoxy) is 2. The van der Waals surface area contributed by atoms with Crippen LogP contribution in [0.4, 0.5) is 10.8 Å². The Morgan fingerprint density at radius 3 is 2.94 bits per heavy atom. The number of fused-ring (bicyclic) bond motifs is 1. The first-order valence-electron chi connectivity index (χ1n) is 12.2. The first-order valence-corrected chi connectivity index (χ1v) is 12.9. The van der Waals surface area contributed by atoms with Crippen LogP contribution in [0, 0.1) is 12.8 Å². The number of likely N-dealkylation sites (tertiary alicyclic amines) is 1. The maximum Gasteiger partial charge on any atom is 0.180 e. The van der Waals surface area contributed by atoms with Crippen LogP contribution in [-0.2, 0) is 22.6 Å². The van der Waals surface area contributed by atoms with Gasteiger partial charge in [-0.1, -0.05) is 6.92 Å². The largest absolute Gasteiger partial charge is 0.348 e. The molecule has 0 aromatic carbocycles. The lowest BCUT2D eigenvalue weighted by Crippen LogP contribution is -2.33. The van der Waals surface area contributed by atoms with E-state index in [1.54, 1.807) is 0 Å². The zero-order valence-electron chi connectivity index (χ0n) is 20.1. The van der Waals surface area contributed by atoms with Crippen molar-refractivity contribution < 1.29 is 9.47 Å². The van der Waals surface area contributed by atoms with Crippen molar-refractivity contribution in [2.75, 3.05) is 31.6 Å². The van der Waals surface area contributed by atoms with Gasteiger partial charge < -0.3 is 14.8 Å². The van der Waals surface area contributed by atoms with Gasteiger partial charge in [-0.25, -0.2) is 9.97 Å². The molecular weight excluding hydrogens is 464 g/mol. The molecule has 2 aliphatic heterocycles. The predicted octanol–water partition coefficient (Wildman–Crippen LogP) is 3.71. The highest BCUT2D eigenvalue weighted by molar-refractivity contribution is 7.10. The van der Waals surface area contributed by atoms with Crippen molar-refractivity contribution in [2.24, 2.45) is 5.92 Å². The molecular formula is C24H30N8O2S. The Morgan fingerprint density at radius 1 is 1.20 bits per heavy atom. The van der Waals surface area contributed by atoms with Gasteiger partial charge in [0, 0.05) is 31.0 Å².